The third-order valence-electron chi connectivity index (χ3n) is 3.66. The zero-order chi connectivity index (χ0) is 14.3. The Bertz CT molecular complexity index is 284. The van der Waals surface area contributed by atoms with Gasteiger partial charge >= 0.3 is 7.60 Å². The lowest BCUT2D eigenvalue weighted by molar-refractivity contribution is 0.124. The topological polar surface area (TPSA) is 81.8 Å². The molecule has 0 spiro atoms. The molecule has 0 aliphatic heterocycles. The fourth-order valence-corrected chi connectivity index (χ4v) is 4.40. The summed E-state index contributed by atoms with van der Waals surface area (Å²) in [5, 5.41) is 10.2. The summed E-state index contributed by atoms with van der Waals surface area (Å²) in [7, 11) is -3.50. The number of aliphatic hydroxyl groups is 1. The maximum absolute atomic E-state index is 12.4. The van der Waals surface area contributed by atoms with E-state index in [-0.39, 0.29) is 13.2 Å². The van der Waals surface area contributed by atoms with Crippen LogP contribution in [0.5, 0.6) is 0 Å². The average molecular weight is 293 g/mol. The van der Waals surface area contributed by atoms with Crippen LogP contribution in [0.4, 0.5) is 0 Å². The maximum atomic E-state index is 12.4. The van der Waals surface area contributed by atoms with Gasteiger partial charge in [0, 0.05) is 6.04 Å². The Morgan fingerprint density at radius 2 is 1.74 bits per heavy atom. The van der Waals surface area contributed by atoms with Gasteiger partial charge in [-0.1, -0.05) is 32.1 Å². The molecule has 3 N–H and O–H groups in total. The average Bonchev–Trinajstić information content (AvgIpc) is 2.39. The van der Waals surface area contributed by atoms with Gasteiger partial charge in [0.2, 0.25) is 0 Å². The van der Waals surface area contributed by atoms with Crippen LogP contribution in [0.15, 0.2) is 0 Å². The van der Waals surface area contributed by atoms with Crippen molar-refractivity contribution in [3.8, 4) is 0 Å². The first-order chi connectivity index (χ1) is 9.03. The number of hydrogen-bond acceptors (Lipinski definition) is 5. The highest BCUT2D eigenvalue weighted by Gasteiger charge is 2.39. The van der Waals surface area contributed by atoms with Crippen molar-refractivity contribution in [3.63, 3.8) is 0 Å². The highest BCUT2D eigenvalue weighted by Crippen LogP contribution is 2.53. The van der Waals surface area contributed by atoms with E-state index in [2.05, 4.69) is 0 Å². The third kappa shape index (κ3) is 5.16. The second-order valence-electron chi connectivity index (χ2n) is 5.19. The summed E-state index contributed by atoms with van der Waals surface area (Å²) in [5.41, 5.74) is 6.01. The quantitative estimate of drug-likeness (QED) is 0.672. The Labute approximate surface area is 116 Å². The van der Waals surface area contributed by atoms with E-state index in [1.807, 2.05) is 0 Å². The van der Waals surface area contributed by atoms with Crippen LogP contribution in [0.2, 0.25) is 0 Å². The van der Waals surface area contributed by atoms with Crippen LogP contribution in [0.3, 0.4) is 0 Å². The summed E-state index contributed by atoms with van der Waals surface area (Å²) in [4.78, 5) is 0. The van der Waals surface area contributed by atoms with E-state index in [0.717, 1.165) is 12.8 Å². The number of hydrogen-bond donors (Lipinski definition) is 2. The van der Waals surface area contributed by atoms with Gasteiger partial charge in [0.1, 0.15) is 0 Å². The Hall–Kier alpha value is 0.0700. The molecule has 1 rings (SSSR count). The maximum Gasteiger partial charge on any atom is 0.360 e. The molecule has 0 aromatic rings. The lowest BCUT2D eigenvalue weighted by Crippen LogP contribution is -2.37. The first-order valence-electron chi connectivity index (χ1n) is 7.36. The van der Waals surface area contributed by atoms with Gasteiger partial charge in [-0.05, 0) is 26.2 Å². The predicted octanol–water partition coefficient (Wildman–Crippen LogP) is 2.87. The van der Waals surface area contributed by atoms with Crippen LogP contribution in [0, 0.1) is 5.92 Å². The molecule has 0 amide bonds. The smallest absolute Gasteiger partial charge is 0.360 e. The van der Waals surface area contributed by atoms with Gasteiger partial charge in [0.05, 0.1) is 13.2 Å². The van der Waals surface area contributed by atoms with E-state index >= 15 is 0 Å². The number of nitrogens with two attached hydrogens (primary N) is 1. The lowest BCUT2D eigenvalue weighted by atomic mass is 9.85. The zero-order valence-corrected chi connectivity index (χ0v) is 13.0. The first-order valence-corrected chi connectivity index (χ1v) is 8.97. The van der Waals surface area contributed by atoms with Gasteiger partial charge in [-0.15, -0.1) is 0 Å². The summed E-state index contributed by atoms with van der Waals surface area (Å²) in [6, 6.07) is -0.549. The number of aliphatic hydroxyl groups excluding tert-OH is 1. The largest absolute Gasteiger partial charge is 0.379 e. The van der Waals surface area contributed by atoms with Crippen LogP contribution in [0.25, 0.3) is 0 Å². The van der Waals surface area contributed by atoms with Gasteiger partial charge < -0.3 is 19.9 Å². The van der Waals surface area contributed by atoms with Crippen LogP contribution < -0.4 is 5.73 Å². The van der Waals surface area contributed by atoms with Crippen molar-refractivity contribution >= 4 is 7.60 Å². The molecule has 1 unspecified atom stereocenters. The molecule has 114 valence electrons. The molecule has 0 aromatic carbocycles. The van der Waals surface area contributed by atoms with Crippen LogP contribution in [-0.2, 0) is 13.6 Å². The summed E-state index contributed by atoms with van der Waals surface area (Å²) in [6.07, 6.45) is 6.71. The highest BCUT2D eigenvalue weighted by atomic mass is 31.2. The van der Waals surface area contributed by atoms with Crippen molar-refractivity contribution < 1.29 is 18.7 Å². The van der Waals surface area contributed by atoms with Crippen LogP contribution in [-0.4, -0.2) is 30.2 Å². The van der Waals surface area contributed by atoms with Crippen molar-refractivity contribution in [2.75, 3.05) is 13.2 Å². The molecule has 0 saturated heterocycles. The van der Waals surface area contributed by atoms with E-state index < -0.39 is 19.5 Å². The van der Waals surface area contributed by atoms with Gasteiger partial charge in [0.25, 0.3) is 0 Å². The second kappa shape index (κ2) is 8.38. The van der Waals surface area contributed by atoms with E-state index in [4.69, 9.17) is 14.8 Å². The SMILES string of the molecule is CCOP(=O)(OCC)C(O)[C@@H](N)CC1CCCCC1. The normalized spacial score (nSPS) is 21.3. The molecule has 0 aromatic heterocycles. The zero-order valence-electron chi connectivity index (χ0n) is 12.1. The molecule has 1 aliphatic rings. The van der Waals surface area contributed by atoms with Crippen molar-refractivity contribution in [3.05, 3.63) is 0 Å². The minimum absolute atomic E-state index is 0.241. The van der Waals surface area contributed by atoms with Crippen LogP contribution in [0.1, 0.15) is 52.4 Å². The van der Waals surface area contributed by atoms with Crippen LogP contribution >= 0.6 is 7.60 Å². The standard InChI is InChI=1S/C13H28NO4P/c1-3-17-19(16,18-4-2)13(15)12(14)10-11-8-6-5-7-9-11/h11-13,15H,3-10,14H2,1-2H3/t12-,13?/m0/s1. The molecule has 1 aliphatic carbocycles. The van der Waals surface area contributed by atoms with E-state index in [1.54, 1.807) is 13.8 Å². The van der Waals surface area contributed by atoms with Gasteiger partial charge in [-0.2, -0.15) is 0 Å². The minimum atomic E-state index is -3.50. The lowest BCUT2D eigenvalue weighted by Gasteiger charge is -2.30. The summed E-state index contributed by atoms with van der Waals surface area (Å²) in [5.74, 6) is -0.704. The first kappa shape index (κ1) is 17.1. The molecule has 5 nitrogen and oxygen atoms in total. The Morgan fingerprint density at radius 3 is 2.21 bits per heavy atom. The third-order valence-corrected chi connectivity index (χ3v) is 5.92. The van der Waals surface area contributed by atoms with Gasteiger partial charge in [0.15, 0.2) is 5.85 Å². The molecule has 2 atom stereocenters. The molecular weight excluding hydrogens is 265 g/mol. The van der Waals surface area contributed by atoms with E-state index in [0.29, 0.717) is 12.3 Å². The highest BCUT2D eigenvalue weighted by molar-refractivity contribution is 7.54. The molecule has 0 radical (unpaired) electrons. The Kier molecular flexibility index (Phi) is 7.55. The second-order valence-corrected chi connectivity index (χ2v) is 7.32. The molecule has 0 heterocycles. The summed E-state index contributed by atoms with van der Waals surface area (Å²) in [6.45, 7) is 3.94. The minimum Gasteiger partial charge on any atom is -0.379 e. The van der Waals surface area contributed by atoms with E-state index in [9.17, 15) is 9.67 Å². The number of rotatable bonds is 8. The fourth-order valence-electron chi connectivity index (χ4n) is 2.71. The van der Waals surface area contributed by atoms with Gasteiger partial charge in [-0.25, -0.2) is 0 Å². The molecule has 1 fully saturated rings. The molecule has 19 heavy (non-hydrogen) atoms. The van der Waals surface area contributed by atoms with E-state index in [1.165, 1.54) is 19.3 Å². The molecule has 6 heteroatoms. The summed E-state index contributed by atoms with van der Waals surface area (Å²) >= 11 is 0. The molecule has 0 bridgehead atoms. The fraction of sp³-hybridized carbons (Fsp3) is 1.00. The predicted molar refractivity (Wildman–Crippen MR) is 76.0 cm³/mol. The van der Waals surface area contributed by atoms with Crippen molar-refractivity contribution in [2.45, 2.75) is 64.3 Å². The monoisotopic (exact) mass is 293 g/mol. The Morgan fingerprint density at radius 1 is 1.21 bits per heavy atom. The van der Waals surface area contributed by atoms with Crippen molar-refractivity contribution in [1.29, 1.82) is 0 Å². The molecular formula is C13H28NO4P. The molecule has 1 saturated carbocycles. The van der Waals surface area contributed by atoms with Crippen molar-refractivity contribution in [2.24, 2.45) is 11.7 Å². The van der Waals surface area contributed by atoms with Crippen molar-refractivity contribution in [1.82, 2.24) is 0 Å². The van der Waals surface area contributed by atoms with Gasteiger partial charge in [-0.3, -0.25) is 4.57 Å². The Balaban J connectivity index is 2.56. The summed E-state index contributed by atoms with van der Waals surface area (Å²) < 4.78 is 22.7.